The first-order valence-electron chi connectivity index (χ1n) is 4.94. The number of halogens is 1. The van der Waals surface area contributed by atoms with Gasteiger partial charge >= 0.3 is 0 Å². The number of hydrogen-bond acceptors (Lipinski definition) is 3. The fourth-order valence-corrected chi connectivity index (χ4v) is 1.47. The van der Waals surface area contributed by atoms with E-state index in [2.05, 4.69) is 11.1 Å². The zero-order valence-corrected chi connectivity index (χ0v) is 9.65. The lowest BCUT2D eigenvalue weighted by Gasteiger charge is -2.06. The smallest absolute Gasteiger partial charge is 0.264 e. The molecule has 0 radical (unpaired) electrons. The van der Waals surface area contributed by atoms with E-state index >= 15 is 0 Å². The third-order valence-corrected chi connectivity index (χ3v) is 2.40. The van der Waals surface area contributed by atoms with E-state index < -0.39 is 16.3 Å². The summed E-state index contributed by atoms with van der Waals surface area (Å²) in [6.07, 6.45) is 4.14. The average Bonchev–Trinajstić information content (AvgIpc) is 2.08. The topological polar surface area (TPSA) is 43.4 Å². The van der Waals surface area contributed by atoms with Crippen LogP contribution in [0.5, 0.6) is 0 Å². The van der Waals surface area contributed by atoms with Gasteiger partial charge in [0.15, 0.2) is 0 Å². The lowest BCUT2D eigenvalue weighted by Crippen LogP contribution is -2.14. The average molecular weight is 226 g/mol. The Bertz CT molecular complexity index is 226. The van der Waals surface area contributed by atoms with Crippen molar-refractivity contribution >= 4 is 10.1 Å². The van der Waals surface area contributed by atoms with E-state index in [9.17, 15) is 12.8 Å². The van der Waals surface area contributed by atoms with Crippen molar-refractivity contribution < 1.29 is 17.0 Å². The third kappa shape index (κ3) is 9.92. The van der Waals surface area contributed by atoms with Crippen LogP contribution in [-0.4, -0.2) is 27.5 Å². The van der Waals surface area contributed by atoms with Crippen molar-refractivity contribution in [3.8, 4) is 0 Å². The summed E-state index contributed by atoms with van der Waals surface area (Å²) in [5, 5.41) is 0. The molecule has 0 aromatic rings. The molecular weight excluding hydrogens is 207 g/mol. The Morgan fingerprint density at radius 3 is 2.43 bits per heavy atom. The second kappa shape index (κ2) is 7.17. The highest BCUT2D eigenvalue weighted by Gasteiger charge is 2.10. The molecule has 0 aromatic heterocycles. The van der Waals surface area contributed by atoms with Gasteiger partial charge in [0, 0.05) is 0 Å². The maximum atomic E-state index is 13.0. The molecule has 0 unspecified atom stereocenters. The molecule has 0 bridgehead atoms. The standard InChI is InChI=1S/C9H19FO3S/c1-3-4-5-6-7-9(10)8-13-14(2,11)12/h9H,3-8H2,1-2H3/t9-/m0/s1. The minimum atomic E-state index is -3.49. The molecule has 1 atom stereocenters. The van der Waals surface area contributed by atoms with Gasteiger partial charge in [-0.1, -0.05) is 32.6 Å². The highest BCUT2D eigenvalue weighted by atomic mass is 32.2. The van der Waals surface area contributed by atoms with Crippen molar-refractivity contribution in [2.45, 2.75) is 45.2 Å². The monoisotopic (exact) mass is 226 g/mol. The van der Waals surface area contributed by atoms with Crippen molar-refractivity contribution in [1.82, 2.24) is 0 Å². The fraction of sp³-hybridized carbons (Fsp3) is 1.00. The minimum absolute atomic E-state index is 0.342. The van der Waals surface area contributed by atoms with Gasteiger partial charge in [0.05, 0.1) is 12.9 Å². The van der Waals surface area contributed by atoms with Crippen LogP contribution in [0.2, 0.25) is 0 Å². The van der Waals surface area contributed by atoms with E-state index in [4.69, 9.17) is 0 Å². The third-order valence-electron chi connectivity index (χ3n) is 1.83. The number of unbranched alkanes of at least 4 members (excludes halogenated alkanes) is 3. The Labute approximate surface area is 85.8 Å². The van der Waals surface area contributed by atoms with Crippen LogP contribution in [0.3, 0.4) is 0 Å². The van der Waals surface area contributed by atoms with E-state index in [1.54, 1.807) is 0 Å². The first kappa shape index (κ1) is 13.8. The summed E-state index contributed by atoms with van der Waals surface area (Å²) in [5.41, 5.74) is 0. The van der Waals surface area contributed by atoms with Crippen molar-refractivity contribution in [2.24, 2.45) is 0 Å². The second-order valence-corrected chi connectivity index (χ2v) is 5.08. The number of alkyl halides is 1. The molecule has 3 nitrogen and oxygen atoms in total. The molecule has 0 aliphatic rings. The Balaban J connectivity index is 3.42. The van der Waals surface area contributed by atoms with Crippen molar-refractivity contribution in [3.05, 3.63) is 0 Å². The Morgan fingerprint density at radius 2 is 1.93 bits per heavy atom. The van der Waals surface area contributed by atoms with E-state index in [1.807, 2.05) is 0 Å². The first-order valence-corrected chi connectivity index (χ1v) is 6.76. The summed E-state index contributed by atoms with van der Waals surface area (Å²) in [6, 6.07) is 0. The summed E-state index contributed by atoms with van der Waals surface area (Å²) >= 11 is 0. The quantitative estimate of drug-likeness (QED) is 0.471. The van der Waals surface area contributed by atoms with Crippen LogP contribution in [0.1, 0.15) is 39.0 Å². The molecule has 0 aliphatic carbocycles. The molecule has 0 saturated carbocycles. The molecule has 0 heterocycles. The zero-order valence-electron chi connectivity index (χ0n) is 8.83. The van der Waals surface area contributed by atoms with E-state index in [1.165, 1.54) is 0 Å². The molecule has 14 heavy (non-hydrogen) atoms. The molecule has 5 heteroatoms. The van der Waals surface area contributed by atoms with Gasteiger partial charge in [-0.3, -0.25) is 4.18 Å². The Kier molecular flexibility index (Phi) is 7.09. The van der Waals surface area contributed by atoms with Gasteiger partial charge in [0.1, 0.15) is 6.17 Å². The largest absolute Gasteiger partial charge is 0.267 e. The van der Waals surface area contributed by atoms with E-state index in [-0.39, 0.29) is 6.61 Å². The predicted octanol–water partition coefficient (Wildman–Crippen LogP) is 2.27. The van der Waals surface area contributed by atoms with Crippen molar-refractivity contribution in [2.75, 3.05) is 12.9 Å². The molecule has 86 valence electrons. The lowest BCUT2D eigenvalue weighted by atomic mass is 10.1. The second-order valence-electron chi connectivity index (χ2n) is 3.44. The van der Waals surface area contributed by atoms with Crippen LogP contribution in [0.15, 0.2) is 0 Å². The Hall–Kier alpha value is -0.160. The number of hydrogen-bond donors (Lipinski definition) is 0. The van der Waals surface area contributed by atoms with Gasteiger partial charge in [0.25, 0.3) is 10.1 Å². The number of rotatable bonds is 8. The lowest BCUT2D eigenvalue weighted by molar-refractivity contribution is 0.189. The van der Waals surface area contributed by atoms with Gasteiger partial charge in [-0.05, 0) is 6.42 Å². The molecule has 0 rings (SSSR count). The maximum Gasteiger partial charge on any atom is 0.264 e. The highest BCUT2D eigenvalue weighted by Crippen LogP contribution is 2.09. The summed E-state index contributed by atoms with van der Waals surface area (Å²) in [6.45, 7) is 1.74. The maximum absolute atomic E-state index is 13.0. The zero-order chi connectivity index (χ0) is 11.0. The van der Waals surface area contributed by atoms with Crippen LogP contribution in [0.25, 0.3) is 0 Å². The normalized spacial score (nSPS) is 14.2. The van der Waals surface area contributed by atoms with Crippen LogP contribution in [-0.2, 0) is 14.3 Å². The molecule has 0 N–H and O–H groups in total. The van der Waals surface area contributed by atoms with Gasteiger partial charge in [0.2, 0.25) is 0 Å². The van der Waals surface area contributed by atoms with Gasteiger partial charge in [-0.25, -0.2) is 4.39 Å². The Morgan fingerprint density at radius 1 is 1.29 bits per heavy atom. The molecule has 0 aromatic carbocycles. The van der Waals surface area contributed by atoms with Crippen LogP contribution in [0.4, 0.5) is 4.39 Å². The van der Waals surface area contributed by atoms with E-state index in [0.717, 1.165) is 31.9 Å². The minimum Gasteiger partial charge on any atom is -0.267 e. The van der Waals surface area contributed by atoms with Crippen LogP contribution >= 0.6 is 0 Å². The fourth-order valence-electron chi connectivity index (χ4n) is 1.07. The van der Waals surface area contributed by atoms with Crippen molar-refractivity contribution in [1.29, 1.82) is 0 Å². The molecule has 0 spiro atoms. The van der Waals surface area contributed by atoms with Gasteiger partial charge < -0.3 is 0 Å². The van der Waals surface area contributed by atoms with Gasteiger partial charge in [-0.2, -0.15) is 8.42 Å². The van der Waals surface area contributed by atoms with Gasteiger partial charge in [-0.15, -0.1) is 0 Å². The highest BCUT2D eigenvalue weighted by molar-refractivity contribution is 7.85. The van der Waals surface area contributed by atoms with Crippen LogP contribution < -0.4 is 0 Å². The summed E-state index contributed by atoms with van der Waals surface area (Å²) in [5.74, 6) is 0. The predicted molar refractivity (Wildman–Crippen MR) is 54.5 cm³/mol. The summed E-state index contributed by atoms with van der Waals surface area (Å²) in [7, 11) is -3.49. The SMILES string of the molecule is CCCCCC[C@H](F)COS(C)(=O)=O. The summed E-state index contributed by atoms with van der Waals surface area (Å²) < 4.78 is 38.4. The summed E-state index contributed by atoms with van der Waals surface area (Å²) in [4.78, 5) is 0. The first-order chi connectivity index (χ1) is 6.45. The molecular formula is C9H19FO3S. The molecule has 0 saturated heterocycles. The molecule has 0 aliphatic heterocycles. The molecule has 0 fully saturated rings. The van der Waals surface area contributed by atoms with Crippen molar-refractivity contribution in [3.63, 3.8) is 0 Å². The van der Waals surface area contributed by atoms with E-state index in [0.29, 0.717) is 6.42 Å². The molecule has 0 amide bonds. The van der Waals surface area contributed by atoms with Crippen LogP contribution in [0, 0.1) is 0 Å².